The molecule has 174 valence electrons. The molecule has 0 saturated carbocycles. The quantitative estimate of drug-likeness (QED) is 0.405. The van der Waals surface area contributed by atoms with Gasteiger partial charge in [0.25, 0.3) is 5.91 Å². The summed E-state index contributed by atoms with van der Waals surface area (Å²) >= 11 is 0. The van der Waals surface area contributed by atoms with Gasteiger partial charge in [-0.05, 0) is 55.3 Å². The lowest BCUT2D eigenvalue weighted by Crippen LogP contribution is -2.31. The van der Waals surface area contributed by atoms with Crippen LogP contribution in [-0.2, 0) is 6.54 Å². The summed E-state index contributed by atoms with van der Waals surface area (Å²) in [6, 6.07) is 15.5. The molecule has 0 bridgehead atoms. The van der Waals surface area contributed by atoms with Crippen molar-refractivity contribution in [2.45, 2.75) is 25.9 Å². The van der Waals surface area contributed by atoms with E-state index in [2.05, 4.69) is 15.2 Å². The molecular formula is C26H27N5O3. The van der Waals surface area contributed by atoms with Gasteiger partial charge in [0, 0.05) is 36.6 Å². The maximum Gasteiger partial charge on any atom is 0.273 e. The Hall–Kier alpha value is -4.07. The van der Waals surface area contributed by atoms with E-state index in [0.717, 1.165) is 46.8 Å². The summed E-state index contributed by atoms with van der Waals surface area (Å²) in [6.07, 6.45) is 6.30. The fraction of sp³-hybridized carbons (Fsp3) is 0.269. The van der Waals surface area contributed by atoms with Crippen LogP contribution in [-0.4, -0.2) is 50.8 Å². The van der Waals surface area contributed by atoms with E-state index in [0.29, 0.717) is 18.8 Å². The lowest BCUT2D eigenvalue weighted by molar-refractivity contribution is 0.0739. The van der Waals surface area contributed by atoms with Gasteiger partial charge in [-0.15, -0.1) is 0 Å². The van der Waals surface area contributed by atoms with E-state index < -0.39 is 0 Å². The molecule has 1 aliphatic rings. The topological polar surface area (TPSA) is 85.3 Å². The molecule has 1 unspecified atom stereocenters. The number of nitrogens with one attached hydrogen (secondary N) is 1. The van der Waals surface area contributed by atoms with Crippen LogP contribution in [0.1, 0.15) is 41.0 Å². The first-order chi connectivity index (χ1) is 16.7. The molecule has 0 spiro atoms. The number of imidazole rings is 1. The Bertz CT molecular complexity index is 1260. The number of nitrogens with zero attached hydrogens (tertiary/aromatic N) is 4. The molecule has 5 rings (SSSR count). The molecule has 8 heteroatoms. The minimum atomic E-state index is -0.262. The summed E-state index contributed by atoms with van der Waals surface area (Å²) < 4.78 is 13.1. The average molecular weight is 458 g/mol. The number of aromatic nitrogens is 4. The average Bonchev–Trinajstić information content (AvgIpc) is 3.59. The van der Waals surface area contributed by atoms with Gasteiger partial charge in [-0.2, -0.15) is 5.10 Å². The Morgan fingerprint density at radius 2 is 1.94 bits per heavy atom. The van der Waals surface area contributed by atoms with Crippen molar-refractivity contribution in [3.8, 4) is 22.8 Å². The van der Waals surface area contributed by atoms with Crippen LogP contribution in [0, 0.1) is 0 Å². The minimum absolute atomic E-state index is 0.0419. The standard InChI is InChI=1S/C26H27N5O3/c1-3-34-21-7-4-6-19(16-21)25-22-23(18-8-10-20(33-2)11-9-18)28-29-24(22)26(32)31(25)14-5-13-30-15-12-27-17-30/h4,6-12,15-17,25H,3,5,13-14H2,1-2H3,(H,28,29). The number of H-pyrrole nitrogens is 1. The minimum Gasteiger partial charge on any atom is -0.497 e. The van der Waals surface area contributed by atoms with Gasteiger partial charge < -0.3 is 18.9 Å². The van der Waals surface area contributed by atoms with Gasteiger partial charge in [0.15, 0.2) is 0 Å². The molecule has 1 N–H and O–H groups in total. The number of carbonyl (C=O) groups is 1. The van der Waals surface area contributed by atoms with Gasteiger partial charge in [0.05, 0.1) is 31.8 Å². The normalized spacial score (nSPS) is 14.9. The molecule has 1 atom stereocenters. The van der Waals surface area contributed by atoms with Gasteiger partial charge in [-0.3, -0.25) is 9.89 Å². The second kappa shape index (κ2) is 9.43. The summed E-state index contributed by atoms with van der Waals surface area (Å²) in [7, 11) is 1.64. The number of aromatic amines is 1. The van der Waals surface area contributed by atoms with Crippen molar-refractivity contribution >= 4 is 5.91 Å². The molecule has 0 radical (unpaired) electrons. The second-order valence-electron chi connectivity index (χ2n) is 8.15. The van der Waals surface area contributed by atoms with E-state index in [1.54, 1.807) is 19.6 Å². The molecule has 1 amide bonds. The Balaban J connectivity index is 1.53. The third-order valence-corrected chi connectivity index (χ3v) is 6.09. The Kier molecular flexibility index (Phi) is 6.03. The zero-order valence-electron chi connectivity index (χ0n) is 19.3. The SMILES string of the molecule is CCOc1cccc(C2c3c(-c4ccc(OC)cc4)n[nH]c3C(=O)N2CCCn2ccnc2)c1. The maximum absolute atomic E-state index is 13.5. The van der Waals surface area contributed by atoms with E-state index in [9.17, 15) is 4.79 Å². The lowest BCUT2D eigenvalue weighted by atomic mass is 9.96. The van der Waals surface area contributed by atoms with Gasteiger partial charge in [0.2, 0.25) is 0 Å². The van der Waals surface area contributed by atoms with Crippen LogP contribution in [0.3, 0.4) is 0 Å². The summed E-state index contributed by atoms with van der Waals surface area (Å²) in [4.78, 5) is 19.5. The van der Waals surface area contributed by atoms with Crippen LogP contribution in [0.2, 0.25) is 0 Å². The molecule has 3 heterocycles. The van der Waals surface area contributed by atoms with Crippen LogP contribution in [0.25, 0.3) is 11.3 Å². The highest BCUT2D eigenvalue weighted by Gasteiger charge is 2.42. The Morgan fingerprint density at radius 3 is 2.68 bits per heavy atom. The fourth-order valence-corrected chi connectivity index (χ4v) is 4.53. The highest BCUT2D eigenvalue weighted by Crippen LogP contribution is 2.43. The first-order valence-electron chi connectivity index (χ1n) is 11.4. The van der Waals surface area contributed by atoms with Crippen molar-refractivity contribution in [1.29, 1.82) is 0 Å². The lowest BCUT2D eigenvalue weighted by Gasteiger charge is -2.27. The Morgan fingerprint density at radius 1 is 1.09 bits per heavy atom. The molecule has 4 aromatic rings. The summed E-state index contributed by atoms with van der Waals surface area (Å²) in [6.45, 7) is 3.93. The maximum atomic E-state index is 13.5. The molecule has 2 aromatic heterocycles. The molecule has 8 nitrogen and oxygen atoms in total. The Labute approximate surface area is 198 Å². The zero-order valence-corrected chi connectivity index (χ0v) is 19.3. The molecule has 2 aromatic carbocycles. The molecule has 1 aliphatic heterocycles. The highest BCUT2D eigenvalue weighted by atomic mass is 16.5. The van der Waals surface area contributed by atoms with Gasteiger partial charge in [-0.25, -0.2) is 4.98 Å². The van der Waals surface area contributed by atoms with E-state index in [1.165, 1.54) is 0 Å². The van der Waals surface area contributed by atoms with Crippen LogP contribution < -0.4 is 9.47 Å². The van der Waals surface area contributed by atoms with Gasteiger partial charge >= 0.3 is 0 Å². The second-order valence-corrected chi connectivity index (χ2v) is 8.15. The van der Waals surface area contributed by atoms with Gasteiger partial charge in [0.1, 0.15) is 17.2 Å². The number of amides is 1. The van der Waals surface area contributed by atoms with Crippen molar-refractivity contribution in [2.75, 3.05) is 20.3 Å². The van der Waals surface area contributed by atoms with E-state index in [4.69, 9.17) is 9.47 Å². The number of benzene rings is 2. The van der Waals surface area contributed by atoms with Crippen LogP contribution in [0.4, 0.5) is 0 Å². The summed E-state index contributed by atoms with van der Waals surface area (Å²) in [5.41, 5.74) is 4.14. The van der Waals surface area contributed by atoms with Crippen molar-refractivity contribution < 1.29 is 14.3 Å². The smallest absolute Gasteiger partial charge is 0.273 e. The number of methoxy groups -OCH3 is 1. The first-order valence-corrected chi connectivity index (χ1v) is 11.4. The number of carbonyl (C=O) groups excluding carboxylic acids is 1. The number of ether oxygens (including phenoxy) is 2. The molecule has 0 fully saturated rings. The summed E-state index contributed by atoms with van der Waals surface area (Å²) in [5, 5.41) is 7.56. The summed E-state index contributed by atoms with van der Waals surface area (Å²) in [5.74, 6) is 1.52. The molecule has 0 aliphatic carbocycles. The molecular weight excluding hydrogens is 430 g/mol. The van der Waals surface area contributed by atoms with Crippen molar-refractivity contribution in [3.05, 3.63) is 84.1 Å². The van der Waals surface area contributed by atoms with Crippen molar-refractivity contribution in [2.24, 2.45) is 0 Å². The number of aryl methyl sites for hydroxylation is 1. The third-order valence-electron chi connectivity index (χ3n) is 6.09. The van der Waals surface area contributed by atoms with Crippen molar-refractivity contribution in [1.82, 2.24) is 24.6 Å². The molecule has 0 saturated heterocycles. The first kappa shape index (κ1) is 21.8. The van der Waals surface area contributed by atoms with E-state index in [1.807, 2.05) is 71.1 Å². The van der Waals surface area contributed by atoms with Crippen LogP contribution in [0.15, 0.2) is 67.3 Å². The number of hydrogen-bond acceptors (Lipinski definition) is 5. The van der Waals surface area contributed by atoms with Crippen molar-refractivity contribution in [3.63, 3.8) is 0 Å². The number of fused-ring (bicyclic) bond motifs is 1. The zero-order chi connectivity index (χ0) is 23.5. The number of rotatable bonds is 9. The van der Waals surface area contributed by atoms with Crippen LogP contribution >= 0.6 is 0 Å². The van der Waals surface area contributed by atoms with E-state index in [-0.39, 0.29) is 11.9 Å². The highest BCUT2D eigenvalue weighted by molar-refractivity contribution is 6.00. The third kappa shape index (κ3) is 4.03. The predicted octanol–water partition coefficient (Wildman–Crippen LogP) is 4.32. The predicted molar refractivity (Wildman–Crippen MR) is 128 cm³/mol. The fourth-order valence-electron chi connectivity index (χ4n) is 4.53. The largest absolute Gasteiger partial charge is 0.497 e. The van der Waals surface area contributed by atoms with Gasteiger partial charge in [-0.1, -0.05) is 12.1 Å². The molecule has 34 heavy (non-hydrogen) atoms. The monoisotopic (exact) mass is 457 g/mol. The number of hydrogen-bond donors (Lipinski definition) is 1. The van der Waals surface area contributed by atoms with E-state index >= 15 is 0 Å². The van der Waals surface area contributed by atoms with Crippen LogP contribution in [0.5, 0.6) is 11.5 Å².